The van der Waals surface area contributed by atoms with Crippen molar-refractivity contribution in [1.82, 2.24) is 15.2 Å². The predicted octanol–water partition coefficient (Wildman–Crippen LogP) is 5.30. The number of benzene rings is 1. The lowest BCUT2D eigenvalue weighted by Crippen LogP contribution is -2.32. The molecule has 2 aromatic rings. The molecule has 0 bridgehead atoms. The van der Waals surface area contributed by atoms with Crippen LogP contribution in [-0.2, 0) is 9.59 Å². The molecule has 2 fully saturated rings. The summed E-state index contributed by atoms with van der Waals surface area (Å²) in [5.74, 6) is 2.13. The van der Waals surface area contributed by atoms with E-state index in [2.05, 4.69) is 10.3 Å². The summed E-state index contributed by atoms with van der Waals surface area (Å²) in [5, 5.41) is 3.93. The second kappa shape index (κ2) is 11.7. The Labute approximate surface area is 209 Å². The average Bonchev–Trinajstić information content (AvgIpc) is 3.39. The molecular formula is C25H30ClN3O4S. The third-order valence-corrected chi connectivity index (χ3v) is 6.86. The molecule has 1 aromatic heterocycles. The highest BCUT2D eigenvalue weighted by Gasteiger charge is 2.22. The van der Waals surface area contributed by atoms with Crippen LogP contribution in [0.3, 0.4) is 0 Å². The van der Waals surface area contributed by atoms with Gasteiger partial charge in [0.15, 0.2) is 0 Å². The van der Waals surface area contributed by atoms with Gasteiger partial charge in [-0.15, -0.1) is 0 Å². The summed E-state index contributed by atoms with van der Waals surface area (Å²) in [7, 11) is 0. The molecule has 0 radical (unpaired) electrons. The van der Waals surface area contributed by atoms with E-state index in [4.69, 9.17) is 21.1 Å². The van der Waals surface area contributed by atoms with E-state index in [0.717, 1.165) is 30.2 Å². The van der Waals surface area contributed by atoms with Crippen molar-refractivity contribution in [3.05, 3.63) is 40.4 Å². The molecule has 4 rings (SSSR count). The molecule has 0 unspecified atom stereocenters. The van der Waals surface area contributed by atoms with Crippen molar-refractivity contribution in [3.8, 4) is 16.7 Å². The number of aromatic nitrogens is 1. The molecule has 1 aliphatic heterocycles. The van der Waals surface area contributed by atoms with Gasteiger partial charge < -0.3 is 19.7 Å². The number of carbonyl (C=O) groups excluding carboxylic acids is 2. The molecule has 9 heteroatoms. The standard InChI is InChI=1S/C25H30ClN3O4S/c1-17(28-23(30)4-2-12-29-13-3-5-24(29)31)6-10-20-15-27-25(34-20)33-22-11-9-19(14-21(22)26)32-16-18-7-8-18/h6,9-11,14-15,17-18H,2-5,7-8,12-13,16H2,1H3,(H,28,30)/b10-6+/t17-/m0/s1. The molecule has 2 heterocycles. The zero-order valence-electron chi connectivity index (χ0n) is 19.3. The Bertz CT molecular complexity index is 1040. The summed E-state index contributed by atoms with van der Waals surface area (Å²) in [6.45, 7) is 4.12. The van der Waals surface area contributed by atoms with Gasteiger partial charge in [0, 0.05) is 44.2 Å². The number of hydrogen-bond donors (Lipinski definition) is 1. The van der Waals surface area contributed by atoms with E-state index in [-0.39, 0.29) is 17.9 Å². The number of ether oxygens (including phenoxy) is 2. The first kappa shape index (κ1) is 24.5. The summed E-state index contributed by atoms with van der Waals surface area (Å²) in [6, 6.07) is 5.29. The predicted molar refractivity (Wildman–Crippen MR) is 134 cm³/mol. The Hall–Kier alpha value is -2.58. The maximum Gasteiger partial charge on any atom is 0.279 e. The number of rotatable bonds is 12. The van der Waals surface area contributed by atoms with Crippen LogP contribution in [0, 0.1) is 5.92 Å². The Morgan fingerprint density at radius 2 is 2.26 bits per heavy atom. The van der Waals surface area contributed by atoms with Gasteiger partial charge in [0.2, 0.25) is 11.8 Å². The number of thiazole rings is 1. The SMILES string of the molecule is C[C@@H](/C=C/c1cnc(Oc2ccc(OCC3CC3)cc2Cl)s1)NC(=O)CCCN1CCCC1=O. The molecule has 182 valence electrons. The second-order valence-corrected chi connectivity index (χ2v) is 10.2. The molecule has 1 saturated carbocycles. The van der Waals surface area contributed by atoms with Crippen LogP contribution in [0.5, 0.6) is 16.7 Å². The second-order valence-electron chi connectivity index (χ2n) is 8.78. The maximum absolute atomic E-state index is 12.2. The molecule has 1 atom stereocenters. The first-order valence-corrected chi connectivity index (χ1v) is 13.0. The molecular weight excluding hydrogens is 474 g/mol. The van der Waals surface area contributed by atoms with Gasteiger partial charge in [0.1, 0.15) is 11.5 Å². The summed E-state index contributed by atoms with van der Waals surface area (Å²) < 4.78 is 11.6. The minimum Gasteiger partial charge on any atom is -0.493 e. The van der Waals surface area contributed by atoms with Crippen LogP contribution in [0.2, 0.25) is 5.02 Å². The largest absolute Gasteiger partial charge is 0.493 e. The van der Waals surface area contributed by atoms with E-state index >= 15 is 0 Å². The Morgan fingerprint density at radius 3 is 3.00 bits per heavy atom. The van der Waals surface area contributed by atoms with E-state index < -0.39 is 0 Å². The highest BCUT2D eigenvalue weighted by atomic mass is 35.5. The summed E-state index contributed by atoms with van der Waals surface area (Å²) in [5.41, 5.74) is 0. The number of likely N-dealkylation sites (tertiary alicyclic amines) is 1. The Balaban J connectivity index is 1.20. The van der Waals surface area contributed by atoms with Crippen molar-refractivity contribution in [2.24, 2.45) is 5.92 Å². The van der Waals surface area contributed by atoms with Gasteiger partial charge in [-0.2, -0.15) is 0 Å². The summed E-state index contributed by atoms with van der Waals surface area (Å²) in [4.78, 5) is 30.8. The van der Waals surface area contributed by atoms with Crippen LogP contribution in [0.1, 0.15) is 50.3 Å². The van der Waals surface area contributed by atoms with Gasteiger partial charge >= 0.3 is 0 Å². The van der Waals surface area contributed by atoms with Crippen molar-refractivity contribution >= 4 is 40.8 Å². The Morgan fingerprint density at radius 1 is 1.41 bits per heavy atom. The normalized spacial score (nSPS) is 16.8. The molecule has 1 aromatic carbocycles. The fourth-order valence-corrected chi connectivity index (χ4v) is 4.52. The van der Waals surface area contributed by atoms with Gasteiger partial charge in [-0.05, 0) is 56.7 Å². The molecule has 1 N–H and O–H groups in total. The van der Waals surface area contributed by atoms with E-state index in [9.17, 15) is 9.59 Å². The first-order valence-electron chi connectivity index (χ1n) is 11.8. The van der Waals surface area contributed by atoms with Crippen molar-refractivity contribution in [2.75, 3.05) is 19.7 Å². The highest BCUT2D eigenvalue weighted by Crippen LogP contribution is 2.35. The molecule has 1 aliphatic carbocycles. The van der Waals surface area contributed by atoms with Crippen LogP contribution < -0.4 is 14.8 Å². The lowest BCUT2D eigenvalue weighted by atomic mass is 10.2. The van der Waals surface area contributed by atoms with Gasteiger partial charge in [-0.1, -0.05) is 29.0 Å². The minimum absolute atomic E-state index is 0.0173. The zero-order valence-corrected chi connectivity index (χ0v) is 20.9. The van der Waals surface area contributed by atoms with E-state index in [0.29, 0.717) is 47.7 Å². The molecule has 1 saturated heterocycles. The smallest absolute Gasteiger partial charge is 0.279 e. The average molecular weight is 504 g/mol. The van der Waals surface area contributed by atoms with Crippen LogP contribution >= 0.6 is 22.9 Å². The lowest BCUT2D eigenvalue weighted by molar-refractivity contribution is -0.128. The number of carbonyl (C=O) groups is 2. The number of nitrogens with zero attached hydrogens (tertiary/aromatic N) is 2. The quantitative estimate of drug-likeness (QED) is 0.425. The molecule has 0 spiro atoms. The van der Waals surface area contributed by atoms with Crippen LogP contribution in [-0.4, -0.2) is 47.4 Å². The highest BCUT2D eigenvalue weighted by molar-refractivity contribution is 7.14. The van der Waals surface area contributed by atoms with E-state index in [1.807, 2.05) is 30.0 Å². The van der Waals surface area contributed by atoms with Crippen molar-refractivity contribution in [2.45, 2.75) is 51.5 Å². The number of hydrogen-bond acceptors (Lipinski definition) is 6. The molecule has 2 amide bonds. The monoisotopic (exact) mass is 503 g/mol. The molecule has 34 heavy (non-hydrogen) atoms. The zero-order chi connectivity index (χ0) is 23.9. The first-order chi connectivity index (χ1) is 16.5. The van der Waals surface area contributed by atoms with Crippen molar-refractivity contribution < 1.29 is 19.1 Å². The van der Waals surface area contributed by atoms with E-state index in [1.165, 1.54) is 24.2 Å². The minimum atomic E-state index is -0.120. The molecule has 2 aliphatic rings. The fourth-order valence-electron chi connectivity index (χ4n) is 3.63. The van der Waals surface area contributed by atoms with Crippen LogP contribution in [0.15, 0.2) is 30.5 Å². The Kier molecular flexibility index (Phi) is 8.45. The van der Waals surface area contributed by atoms with Crippen LogP contribution in [0.25, 0.3) is 6.08 Å². The van der Waals surface area contributed by atoms with Gasteiger partial charge in [0.05, 0.1) is 16.5 Å². The molecule has 7 nitrogen and oxygen atoms in total. The third-order valence-electron chi connectivity index (χ3n) is 5.73. The third kappa shape index (κ3) is 7.46. The van der Waals surface area contributed by atoms with Gasteiger partial charge in [-0.25, -0.2) is 4.98 Å². The van der Waals surface area contributed by atoms with Gasteiger partial charge in [0.25, 0.3) is 5.19 Å². The maximum atomic E-state index is 12.2. The lowest BCUT2D eigenvalue weighted by Gasteiger charge is -2.15. The van der Waals surface area contributed by atoms with Crippen molar-refractivity contribution in [1.29, 1.82) is 0 Å². The van der Waals surface area contributed by atoms with E-state index in [1.54, 1.807) is 18.3 Å². The summed E-state index contributed by atoms with van der Waals surface area (Å²) >= 11 is 7.74. The number of amides is 2. The van der Waals surface area contributed by atoms with Crippen molar-refractivity contribution in [3.63, 3.8) is 0 Å². The summed E-state index contributed by atoms with van der Waals surface area (Å²) in [6.07, 6.45) is 10.7. The number of halogens is 1. The van der Waals surface area contributed by atoms with Crippen LogP contribution in [0.4, 0.5) is 0 Å². The fraction of sp³-hybridized carbons (Fsp3) is 0.480. The van der Waals surface area contributed by atoms with Gasteiger partial charge in [-0.3, -0.25) is 9.59 Å². The topological polar surface area (TPSA) is 80.8 Å². The number of nitrogens with one attached hydrogen (secondary N) is 1.